The van der Waals surface area contributed by atoms with Gasteiger partial charge in [0.15, 0.2) is 0 Å². The van der Waals surface area contributed by atoms with Crippen LogP contribution in [0.3, 0.4) is 0 Å². The average Bonchev–Trinajstić information content (AvgIpc) is 3.14. The van der Waals surface area contributed by atoms with Crippen LogP contribution in [0.4, 0.5) is 5.69 Å². The minimum absolute atomic E-state index is 0.0560. The van der Waals surface area contributed by atoms with E-state index >= 15 is 0 Å². The number of nitrogens with two attached hydrogens (primary N) is 1. The van der Waals surface area contributed by atoms with E-state index in [4.69, 9.17) is 10.5 Å². The highest BCUT2D eigenvalue weighted by atomic mass is 16.5. The first-order valence-corrected chi connectivity index (χ1v) is 11.1. The monoisotopic (exact) mass is 399 g/mol. The second-order valence-corrected chi connectivity index (χ2v) is 8.47. The molecule has 0 radical (unpaired) electrons. The smallest absolute Gasteiger partial charge is 0.255 e. The van der Waals surface area contributed by atoms with Crippen LogP contribution in [-0.4, -0.2) is 47.2 Å². The van der Waals surface area contributed by atoms with Crippen LogP contribution < -0.4 is 16.4 Å². The Morgan fingerprint density at radius 3 is 2.69 bits per heavy atom. The molecule has 1 amide bonds. The number of H-pyrrole nitrogens is 1. The number of fused-ring (bicyclic) bond motifs is 1. The third-order valence-corrected chi connectivity index (χ3v) is 6.15. The number of amides is 1. The second-order valence-electron chi connectivity index (χ2n) is 8.47. The molecule has 3 heterocycles. The van der Waals surface area contributed by atoms with E-state index in [0.29, 0.717) is 30.9 Å². The summed E-state index contributed by atoms with van der Waals surface area (Å²) in [5.41, 5.74) is 9.61. The van der Waals surface area contributed by atoms with Gasteiger partial charge in [-0.25, -0.2) is 4.98 Å². The van der Waals surface area contributed by atoms with E-state index in [1.54, 1.807) is 6.20 Å². The number of ether oxygens (including phenoxy) is 1. The van der Waals surface area contributed by atoms with Crippen molar-refractivity contribution in [3.63, 3.8) is 0 Å². The molecule has 2 aliphatic rings. The van der Waals surface area contributed by atoms with Gasteiger partial charge in [0, 0.05) is 48.6 Å². The zero-order valence-electron chi connectivity index (χ0n) is 17.3. The Bertz CT molecular complexity index is 835. The lowest BCUT2D eigenvalue weighted by Gasteiger charge is -2.29. The predicted molar refractivity (Wildman–Crippen MR) is 115 cm³/mol. The fourth-order valence-corrected chi connectivity index (χ4v) is 4.43. The number of pyridine rings is 1. The molecule has 158 valence electrons. The topological polar surface area (TPSA) is 105 Å². The van der Waals surface area contributed by atoms with Gasteiger partial charge in [-0.2, -0.15) is 0 Å². The molecule has 7 heteroatoms. The highest BCUT2D eigenvalue weighted by Gasteiger charge is 2.25. The number of aromatic nitrogens is 2. The minimum Gasteiger partial charge on any atom is -0.381 e. The highest BCUT2D eigenvalue weighted by molar-refractivity contribution is 6.07. The molecular weight excluding hydrogens is 366 g/mol. The largest absolute Gasteiger partial charge is 0.381 e. The quantitative estimate of drug-likeness (QED) is 0.597. The molecule has 1 saturated heterocycles. The molecule has 29 heavy (non-hydrogen) atoms. The summed E-state index contributed by atoms with van der Waals surface area (Å²) in [5.74, 6) is -0.0560. The number of carbonyl (C=O) groups is 1. The summed E-state index contributed by atoms with van der Waals surface area (Å²) < 4.78 is 5.41. The third kappa shape index (κ3) is 4.73. The zero-order valence-corrected chi connectivity index (χ0v) is 17.3. The maximum absolute atomic E-state index is 13.1. The van der Waals surface area contributed by atoms with Gasteiger partial charge in [0.1, 0.15) is 5.65 Å². The maximum Gasteiger partial charge on any atom is 0.255 e. The van der Waals surface area contributed by atoms with Gasteiger partial charge in [-0.15, -0.1) is 0 Å². The fraction of sp³-hybridized carbons (Fsp3) is 0.636. The summed E-state index contributed by atoms with van der Waals surface area (Å²) in [6.45, 7) is 3.57. The van der Waals surface area contributed by atoms with Crippen LogP contribution in [-0.2, 0) is 11.2 Å². The highest BCUT2D eigenvalue weighted by Crippen LogP contribution is 2.31. The van der Waals surface area contributed by atoms with Crippen LogP contribution in [0.25, 0.3) is 11.0 Å². The number of carbonyl (C=O) groups excluding carboxylic acids is 1. The summed E-state index contributed by atoms with van der Waals surface area (Å²) in [4.78, 5) is 21.1. The Labute approximate surface area is 172 Å². The Kier molecular flexibility index (Phi) is 6.35. The molecule has 1 aliphatic heterocycles. The number of nitrogens with zero attached hydrogens (tertiary/aromatic N) is 1. The average molecular weight is 400 g/mol. The first-order chi connectivity index (χ1) is 14.1. The molecule has 0 atom stereocenters. The van der Waals surface area contributed by atoms with Gasteiger partial charge in [0.2, 0.25) is 0 Å². The van der Waals surface area contributed by atoms with Crippen molar-refractivity contribution in [2.24, 2.45) is 5.73 Å². The van der Waals surface area contributed by atoms with E-state index in [2.05, 4.69) is 33.6 Å². The van der Waals surface area contributed by atoms with Crippen molar-refractivity contribution in [3.05, 3.63) is 23.5 Å². The lowest BCUT2D eigenvalue weighted by atomic mass is 9.91. The van der Waals surface area contributed by atoms with E-state index in [1.165, 1.54) is 0 Å². The lowest BCUT2D eigenvalue weighted by molar-refractivity contribution is 0.0697. The molecule has 0 bridgehead atoms. The van der Waals surface area contributed by atoms with Crippen molar-refractivity contribution in [3.8, 4) is 0 Å². The van der Waals surface area contributed by atoms with Crippen LogP contribution in [0.2, 0.25) is 0 Å². The van der Waals surface area contributed by atoms with Crippen molar-refractivity contribution in [2.45, 2.75) is 76.4 Å². The number of hydrogen-bond acceptors (Lipinski definition) is 5. The number of aryl methyl sites for hydroxylation is 1. The number of hydrogen-bond donors (Lipinski definition) is 4. The van der Waals surface area contributed by atoms with Crippen molar-refractivity contribution in [1.29, 1.82) is 0 Å². The van der Waals surface area contributed by atoms with Gasteiger partial charge in [-0.1, -0.05) is 13.3 Å². The molecule has 0 unspecified atom stereocenters. The fourth-order valence-electron chi connectivity index (χ4n) is 4.43. The van der Waals surface area contributed by atoms with Crippen LogP contribution in [0.1, 0.15) is 67.9 Å². The normalized spacial score (nSPS) is 23.2. The standard InChI is InChI=1S/C22H33N5O2/c1-2-3-17-12-18-20(25-15-6-4-14(23)5-7-15)19(13-24-21(18)26-17)22(28)27-16-8-10-29-11-9-16/h12-16H,2-11,23H2,1H3,(H,27,28)(H2,24,25,26)/t14-,15-. The van der Waals surface area contributed by atoms with E-state index in [0.717, 1.165) is 73.8 Å². The van der Waals surface area contributed by atoms with Gasteiger partial charge in [0.05, 0.1) is 11.3 Å². The van der Waals surface area contributed by atoms with E-state index in [-0.39, 0.29) is 11.9 Å². The van der Waals surface area contributed by atoms with Gasteiger partial charge in [0.25, 0.3) is 5.91 Å². The molecule has 1 saturated carbocycles. The van der Waals surface area contributed by atoms with Crippen molar-refractivity contribution >= 4 is 22.6 Å². The summed E-state index contributed by atoms with van der Waals surface area (Å²) in [6, 6.07) is 2.94. The molecular formula is C22H33N5O2. The molecule has 2 fully saturated rings. The van der Waals surface area contributed by atoms with Gasteiger partial charge >= 0.3 is 0 Å². The Hall–Kier alpha value is -2.12. The lowest BCUT2D eigenvalue weighted by Crippen LogP contribution is -2.39. The number of anilines is 1. The molecule has 4 rings (SSSR count). The first kappa shape index (κ1) is 20.2. The van der Waals surface area contributed by atoms with Crippen LogP contribution in [0.15, 0.2) is 12.3 Å². The minimum atomic E-state index is -0.0560. The van der Waals surface area contributed by atoms with Crippen LogP contribution in [0, 0.1) is 0 Å². The Morgan fingerprint density at radius 1 is 1.21 bits per heavy atom. The molecule has 0 spiro atoms. The zero-order chi connectivity index (χ0) is 20.2. The summed E-state index contributed by atoms with van der Waals surface area (Å²) in [7, 11) is 0. The predicted octanol–water partition coefficient (Wildman–Crippen LogP) is 3.11. The molecule has 1 aliphatic carbocycles. The molecule has 2 aromatic heterocycles. The third-order valence-electron chi connectivity index (χ3n) is 6.15. The number of nitrogens with one attached hydrogen (secondary N) is 3. The van der Waals surface area contributed by atoms with Crippen LogP contribution in [0.5, 0.6) is 0 Å². The maximum atomic E-state index is 13.1. The van der Waals surface area contributed by atoms with Gasteiger partial charge < -0.3 is 26.1 Å². The van der Waals surface area contributed by atoms with Crippen LogP contribution >= 0.6 is 0 Å². The Balaban J connectivity index is 1.63. The summed E-state index contributed by atoms with van der Waals surface area (Å²) in [6.07, 6.45) is 9.54. The summed E-state index contributed by atoms with van der Waals surface area (Å²) >= 11 is 0. The first-order valence-electron chi connectivity index (χ1n) is 11.1. The van der Waals surface area contributed by atoms with Crippen molar-refractivity contribution < 1.29 is 9.53 Å². The van der Waals surface area contributed by atoms with Gasteiger partial charge in [-0.3, -0.25) is 4.79 Å². The molecule has 2 aromatic rings. The number of aromatic amines is 1. The summed E-state index contributed by atoms with van der Waals surface area (Å²) in [5, 5.41) is 7.88. The van der Waals surface area contributed by atoms with E-state index in [9.17, 15) is 4.79 Å². The Morgan fingerprint density at radius 2 is 1.97 bits per heavy atom. The molecule has 7 nitrogen and oxygen atoms in total. The number of rotatable bonds is 6. The molecule has 0 aromatic carbocycles. The molecule has 5 N–H and O–H groups in total. The van der Waals surface area contributed by atoms with Crippen molar-refractivity contribution in [2.75, 3.05) is 18.5 Å². The second kappa shape index (κ2) is 9.13. The van der Waals surface area contributed by atoms with E-state index in [1.807, 2.05) is 0 Å². The van der Waals surface area contributed by atoms with Crippen molar-refractivity contribution in [1.82, 2.24) is 15.3 Å². The SMILES string of the molecule is CCCc1cc2c(N[C@H]3CC[C@H](N)CC3)c(C(=O)NC3CCOCC3)cnc2[nH]1. The van der Waals surface area contributed by atoms with Gasteiger partial charge in [-0.05, 0) is 51.0 Å². The van der Waals surface area contributed by atoms with E-state index < -0.39 is 0 Å².